The van der Waals surface area contributed by atoms with Crippen LogP contribution < -0.4 is 4.90 Å². The van der Waals surface area contributed by atoms with E-state index in [1.54, 1.807) is 32.0 Å². The Morgan fingerprint density at radius 2 is 1.78 bits per heavy atom. The highest BCUT2D eigenvalue weighted by Gasteiger charge is 2.35. The summed E-state index contributed by atoms with van der Waals surface area (Å²) in [4.78, 5) is 15.5. The molecule has 7 heteroatoms. The third-order valence-electron chi connectivity index (χ3n) is 4.22. The van der Waals surface area contributed by atoms with E-state index in [0.717, 1.165) is 17.7 Å². The van der Waals surface area contributed by atoms with Crippen molar-refractivity contribution < 1.29 is 18.0 Å². The van der Waals surface area contributed by atoms with Crippen molar-refractivity contribution in [2.45, 2.75) is 25.7 Å². The average Bonchev–Trinajstić information content (AvgIpc) is 2.64. The minimum Gasteiger partial charge on any atom is -0.355 e. The molecule has 0 saturated carbocycles. The predicted octanol–water partition coefficient (Wildman–Crippen LogP) is 4.06. The molecule has 1 atom stereocenters. The maximum Gasteiger partial charge on any atom is 0.417 e. The highest BCUT2D eigenvalue weighted by molar-refractivity contribution is 5.84. The first-order valence-electron chi connectivity index (χ1n) is 8.28. The predicted molar refractivity (Wildman–Crippen MR) is 96.9 cm³/mol. The number of anilines is 1. The second kappa shape index (κ2) is 8.12. The van der Waals surface area contributed by atoms with E-state index in [1.807, 2.05) is 30.3 Å². The number of amides is 1. The van der Waals surface area contributed by atoms with Gasteiger partial charge in [-0.2, -0.15) is 18.4 Å². The summed E-state index contributed by atoms with van der Waals surface area (Å²) in [6.07, 6.45) is -4.66. The molecule has 2 aromatic carbocycles. The molecule has 0 aliphatic carbocycles. The first-order valence-corrected chi connectivity index (χ1v) is 8.28. The summed E-state index contributed by atoms with van der Waals surface area (Å²) in [6, 6.07) is 13.6. The zero-order chi connectivity index (χ0) is 20.2. The molecule has 142 valence electrons. The molecule has 0 aliphatic heterocycles. The van der Waals surface area contributed by atoms with E-state index in [1.165, 1.54) is 11.0 Å². The number of carbonyl (C=O) groups is 1. The van der Waals surface area contributed by atoms with Gasteiger partial charge in [0.1, 0.15) is 6.04 Å². The molecule has 1 amide bonds. The fraction of sp³-hybridized carbons (Fsp3) is 0.300. The van der Waals surface area contributed by atoms with Gasteiger partial charge in [0, 0.05) is 26.3 Å². The van der Waals surface area contributed by atoms with E-state index < -0.39 is 23.3 Å². The standard InChI is InChI=1S/C20H20F3N3O/c1-14(19(27)25(2)3)26(13-15-7-5-4-6-8-15)17-10-9-16(12-24)18(11-17)20(21,22)23/h4-11,14H,13H2,1-3H3. The number of nitriles is 1. The van der Waals surface area contributed by atoms with Crippen LogP contribution in [0.1, 0.15) is 23.6 Å². The zero-order valence-corrected chi connectivity index (χ0v) is 15.3. The fourth-order valence-electron chi connectivity index (χ4n) is 2.78. The summed E-state index contributed by atoms with van der Waals surface area (Å²) >= 11 is 0. The van der Waals surface area contributed by atoms with Crippen molar-refractivity contribution in [3.63, 3.8) is 0 Å². The van der Waals surface area contributed by atoms with Gasteiger partial charge in [-0.3, -0.25) is 4.79 Å². The summed E-state index contributed by atoms with van der Waals surface area (Å²) in [6.45, 7) is 1.90. The van der Waals surface area contributed by atoms with Crippen molar-refractivity contribution in [2.75, 3.05) is 19.0 Å². The van der Waals surface area contributed by atoms with Gasteiger partial charge in [0.2, 0.25) is 5.91 Å². The second-order valence-electron chi connectivity index (χ2n) is 6.36. The smallest absolute Gasteiger partial charge is 0.355 e. The Kier molecular flexibility index (Phi) is 6.11. The van der Waals surface area contributed by atoms with Crippen LogP contribution in [0.15, 0.2) is 48.5 Å². The third kappa shape index (κ3) is 4.79. The van der Waals surface area contributed by atoms with Gasteiger partial charge in [0.05, 0.1) is 17.2 Å². The molecule has 2 rings (SSSR count). The maximum atomic E-state index is 13.3. The van der Waals surface area contributed by atoms with E-state index in [9.17, 15) is 18.0 Å². The monoisotopic (exact) mass is 375 g/mol. The lowest BCUT2D eigenvalue weighted by Crippen LogP contribution is -2.44. The van der Waals surface area contributed by atoms with E-state index in [2.05, 4.69) is 0 Å². The van der Waals surface area contributed by atoms with Crippen molar-refractivity contribution in [2.24, 2.45) is 0 Å². The number of hydrogen-bond acceptors (Lipinski definition) is 3. The fourth-order valence-corrected chi connectivity index (χ4v) is 2.78. The minimum absolute atomic E-state index is 0.230. The Balaban J connectivity index is 2.53. The van der Waals surface area contributed by atoms with Gasteiger partial charge < -0.3 is 9.80 Å². The Labute approximate surface area is 156 Å². The molecule has 0 radical (unpaired) electrons. The van der Waals surface area contributed by atoms with E-state index in [-0.39, 0.29) is 18.1 Å². The van der Waals surface area contributed by atoms with Gasteiger partial charge in [-0.1, -0.05) is 30.3 Å². The van der Waals surface area contributed by atoms with Crippen LogP contribution in [0.25, 0.3) is 0 Å². The summed E-state index contributed by atoms with van der Waals surface area (Å²) in [5, 5.41) is 8.99. The molecule has 0 bridgehead atoms. The molecule has 4 nitrogen and oxygen atoms in total. The van der Waals surface area contributed by atoms with E-state index >= 15 is 0 Å². The normalized spacial score (nSPS) is 12.2. The molecular weight excluding hydrogens is 355 g/mol. The number of nitrogens with zero attached hydrogens (tertiary/aromatic N) is 3. The van der Waals surface area contributed by atoms with Crippen LogP contribution in [0, 0.1) is 11.3 Å². The van der Waals surface area contributed by atoms with Gasteiger partial charge in [-0.15, -0.1) is 0 Å². The number of benzene rings is 2. The number of carbonyl (C=O) groups excluding carboxylic acids is 1. The highest BCUT2D eigenvalue weighted by atomic mass is 19.4. The van der Waals surface area contributed by atoms with Crippen LogP contribution in [0.3, 0.4) is 0 Å². The lowest BCUT2D eigenvalue weighted by molar-refractivity contribution is -0.137. The van der Waals surface area contributed by atoms with Crippen molar-refractivity contribution in [1.82, 2.24) is 4.90 Å². The quantitative estimate of drug-likeness (QED) is 0.792. The van der Waals surface area contributed by atoms with Crippen molar-refractivity contribution in [3.05, 3.63) is 65.2 Å². The third-order valence-corrected chi connectivity index (χ3v) is 4.22. The summed E-state index contributed by atoms with van der Waals surface area (Å²) in [5.41, 5.74) is -0.371. The lowest BCUT2D eigenvalue weighted by atomic mass is 10.0. The zero-order valence-electron chi connectivity index (χ0n) is 15.3. The van der Waals surface area contributed by atoms with Crippen LogP contribution in [0.5, 0.6) is 0 Å². The molecule has 1 unspecified atom stereocenters. The van der Waals surface area contributed by atoms with Gasteiger partial charge in [-0.25, -0.2) is 0 Å². The highest BCUT2D eigenvalue weighted by Crippen LogP contribution is 2.35. The Bertz CT molecular complexity index is 842. The van der Waals surface area contributed by atoms with Gasteiger partial charge in [-0.05, 0) is 30.7 Å². The van der Waals surface area contributed by atoms with E-state index in [0.29, 0.717) is 0 Å². The molecule has 0 fully saturated rings. The molecule has 2 aromatic rings. The summed E-state index contributed by atoms with van der Waals surface area (Å²) < 4.78 is 40.0. The van der Waals surface area contributed by atoms with Crippen molar-refractivity contribution >= 4 is 11.6 Å². The summed E-state index contributed by atoms with van der Waals surface area (Å²) in [7, 11) is 3.19. The second-order valence-corrected chi connectivity index (χ2v) is 6.36. The van der Waals surface area contributed by atoms with Gasteiger partial charge >= 0.3 is 6.18 Å². The molecule has 0 N–H and O–H groups in total. The number of hydrogen-bond donors (Lipinski definition) is 0. The number of rotatable bonds is 5. The van der Waals surface area contributed by atoms with E-state index in [4.69, 9.17) is 5.26 Å². The number of likely N-dealkylation sites (N-methyl/N-ethyl adjacent to an activating group) is 1. The summed E-state index contributed by atoms with van der Waals surface area (Å²) in [5.74, 6) is -0.233. The molecule has 27 heavy (non-hydrogen) atoms. The average molecular weight is 375 g/mol. The van der Waals surface area contributed by atoms with Crippen LogP contribution in [0.4, 0.5) is 18.9 Å². The minimum atomic E-state index is -4.66. The van der Waals surface area contributed by atoms with Crippen LogP contribution in [-0.4, -0.2) is 30.9 Å². The topological polar surface area (TPSA) is 47.3 Å². The molecular formula is C20H20F3N3O. The SMILES string of the molecule is CC(C(=O)N(C)C)N(Cc1ccccc1)c1ccc(C#N)c(C(F)(F)F)c1. The van der Waals surface area contributed by atoms with Crippen LogP contribution >= 0.6 is 0 Å². The lowest BCUT2D eigenvalue weighted by Gasteiger charge is -2.32. The van der Waals surface area contributed by atoms with Gasteiger partial charge in [0.15, 0.2) is 0 Å². The number of alkyl halides is 3. The Morgan fingerprint density at radius 1 is 1.15 bits per heavy atom. The van der Waals surface area contributed by atoms with Crippen molar-refractivity contribution in [3.8, 4) is 6.07 Å². The first kappa shape index (κ1) is 20.3. The molecule has 0 heterocycles. The first-order chi connectivity index (χ1) is 12.6. The van der Waals surface area contributed by atoms with Crippen LogP contribution in [0.2, 0.25) is 0 Å². The molecule has 0 spiro atoms. The van der Waals surface area contributed by atoms with Gasteiger partial charge in [0.25, 0.3) is 0 Å². The molecule has 0 aromatic heterocycles. The Morgan fingerprint density at radius 3 is 2.30 bits per heavy atom. The Hall–Kier alpha value is -3.01. The largest absolute Gasteiger partial charge is 0.417 e. The molecule has 0 aliphatic rings. The molecule has 0 saturated heterocycles. The van der Waals surface area contributed by atoms with Crippen molar-refractivity contribution in [1.29, 1.82) is 5.26 Å². The number of halogens is 3. The van der Waals surface area contributed by atoms with Crippen LogP contribution in [-0.2, 0) is 17.5 Å². The maximum absolute atomic E-state index is 13.3.